The zero-order valence-electron chi connectivity index (χ0n) is 11.7. The van der Waals surface area contributed by atoms with Gasteiger partial charge in [-0.1, -0.05) is 18.2 Å². The second-order valence-electron chi connectivity index (χ2n) is 5.05. The van der Waals surface area contributed by atoms with E-state index in [-0.39, 0.29) is 29.9 Å². The molecule has 1 aliphatic heterocycles. The van der Waals surface area contributed by atoms with Gasteiger partial charge in [-0.3, -0.25) is 4.79 Å². The number of halogens is 1. The first kappa shape index (κ1) is 15.5. The van der Waals surface area contributed by atoms with Gasteiger partial charge in [-0.15, -0.1) is 12.4 Å². The van der Waals surface area contributed by atoms with Crippen LogP contribution in [0.15, 0.2) is 39.5 Å². The van der Waals surface area contributed by atoms with E-state index in [4.69, 9.17) is 4.42 Å². The maximum atomic E-state index is 12.4. The van der Waals surface area contributed by atoms with E-state index in [1.165, 1.54) is 0 Å². The Labute approximate surface area is 128 Å². The molecule has 1 aliphatic rings. The van der Waals surface area contributed by atoms with Gasteiger partial charge in [0.2, 0.25) is 0 Å². The highest BCUT2D eigenvalue weighted by Crippen LogP contribution is 2.15. The van der Waals surface area contributed by atoms with E-state index < -0.39 is 5.63 Å². The van der Waals surface area contributed by atoms with Crippen LogP contribution in [0.2, 0.25) is 0 Å². The van der Waals surface area contributed by atoms with Gasteiger partial charge in [-0.05, 0) is 25.1 Å². The molecule has 1 amide bonds. The first-order valence-corrected chi connectivity index (χ1v) is 6.67. The average Bonchev–Trinajstić information content (AvgIpc) is 2.99. The van der Waals surface area contributed by atoms with Gasteiger partial charge in [0.05, 0.1) is 0 Å². The Morgan fingerprint density at radius 3 is 2.86 bits per heavy atom. The van der Waals surface area contributed by atoms with E-state index >= 15 is 0 Å². The maximum absolute atomic E-state index is 12.4. The topological polar surface area (TPSA) is 62.6 Å². The molecule has 1 N–H and O–H groups in total. The third-order valence-corrected chi connectivity index (χ3v) is 3.77. The fraction of sp³-hybridized carbons (Fsp3) is 0.333. The van der Waals surface area contributed by atoms with Crippen LogP contribution in [0.4, 0.5) is 0 Å². The van der Waals surface area contributed by atoms with Crippen LogP contribution >= 0.6 is 12.4 Å². The van der Waals surface area contributed by atoms with Crippen LogP contribution in [0.5, 0.6) is 0 Å². The minimum atomic E-state index is -0.577. The molecule has 2 heterocycles. The first-order valence-electron chi connectivity index (χ1n) is 6.67. The summed E-state index contributed by atoms with van der Waals surface area (Å²) in [5, 5.41) is 3.97. The standard InChI is InChI=1S/C15H16N2O3.ClH/c1-17(11-6-7-16-9-11)14(18)12-8-10-4-2-3-5-13(10)20-15(12)19;/h2-5,8,11,16H,6-7,9H2,1H3;1H. The lowest BCUT2D eigenvalue weighted by molar-refractivity contribution is 0.0739. The van der Waals surface area contributed by atoms with Crippen molar-refractivity contribution < 1.29 is 9.21 Å². The minimum Gasteiger partial charge on any atom is -0.422 e. The Balaban J connectivity index is 0.00000161. The highest BCUT2D eigenvalue weighted by atomic mass is 35.5. The van der Waals surface area contributed by atoms with Gasteiger partial charge in [0, 0.05) is 25.0 Å². The fourth-order valence-electron chi connectivity index (χ4n) is 2.54. The van der Waals surface area contributed by atoms with Crippen molar-refractivity contribution in [2.75, 3.05) is 20.1 Å². The number of nitrogens with zero attached hydrogens (tertiary/aromatic N) is 1. The Kier molecular flexibility index (Phi) is 4.65. The number of rotatable bonds is 2. The molecule has 21 heavy (non-hydrogen) atoms. The Morgan fingerprint density at radius 2 is 2.14 bits per heavy atom. The second kappa shape index (κ2) is 6.28. The number of carbonyl (C=O) groups excluding carboxylic acids is 1. The summed E-state index contributed by atoms with van der Waals surface area (Å²) in [6.07, 6.45) is 0.904. The molecule has 5 nitrogen and oxygen atoms in total. The Hall–Kier alpha value is -1.85. The van der Waals surface area contributed by atoms with E-state index in [0.29, 0.717) is 5.58 Å². The van der Waals surface area contributed by atoms with Crippen LogP contribution in [-0.4, -0.2) is 37.0 Å². The van der Waals surface area contributed by atoms with Crippen molar-refractivity contribution in [3.8, 4) is 0 Å². The van der Waals surface area contributed by atoms with E-state index in [1.54, 1.807) is 30.1 Å². The first-order chi connectivity index (χ1) is 9.66. The summed E-state index contributed by atoms with van der Waals surface area (Å²) < 4.78 is 5.21. The highest BCUT2D eigenvalue weighted by molar-refractivity contribution is 5.96. The van der Waals surface area contributed by atoms with Gasteiger partial charge in [0.15, 0.2) is 0 Å². The molecule has 112 valence electrons. The SMILES string of the molecule is CN(C(=O)c1cc2ccccc2oc1=O)C1CCNC1.Cl. The van der Waals surface area contributed by atoms with Crippen LogP contribution in [0.25, 0.3) is 11.0 Å². The monoisotopic (exact) mass is 308 g/mol. The number of nitrogens with one attached hydrogen (secondary N) is 1. The molecule has 1 aromatic carbocycles. The summed E-state index contributed by atoms with van der Waals surface area (Å²) in [6.45, 7) is 1.66. The molecule has 3 rings (SSSR count). The summed E-state index contributed by atoms with van der Waals surface area (Å²) in [5.41, 5.74) is 0.0174. The Morgan fingerprint density at radius 1 is 1.38 bits per heavy atom. The zero-order chi connectivity index (χ0) is 14.1. The number of likely N-dealkylation sites (N-methyl/N-ethyl adjacent to an activating group) is 1. The van der Waals surface area contributed by atoms with E-state index in [9.17, 15) is 9.59 Å². The van der Waals surface area contributed by atoms with Crippen molar-refractivity contribution in [2.45, 2.75) is 12.5 Å². The number of hydrogen-bond acceptors (Lipinski definition) is 4. The average molecular weight is 309 g/mol. The van der Waals surface area contributed by atoms with Gasteiger partial charge in [-0.25, -0.2) is 4.79 Å². The molecule has 2 aromatic rings. The van der Waals surface area contributed by atoms with E-state index in [2.05, 4.69) is 5.32 Å². The molecule has 0 radical (unpaired) electrons. The lowest BCUT2D eigenvalue weighted by Gasteiger charge is -2.23. The second-order valence-corrected chi connectivity index (χ2v) is 5.05. The molecule has 6 heteroatoms. The zero-order valence-corrected chi connectivity index (χ0v) is 12.5. The maximum Gasteiger partial charge on any atom is 0.349 e. The van der Waals surface area contributed by atoms with Gasteiger partial charge in [-0.2, -0.15) is 0 Å². The molecule has 1 aromatic heterocycles. The van der Waals surface area contributed by atoms with Gasteiger partial charge < -0.3 is 14.6 Å². The van der Waals surface area contributed by atoms with Crippen molar-refractivity contribution in [1.29, 1.82) is 0 Å². The van der Waals surface area contributed by atoms with E-state index in [1.807, 2.05) is 12.1 Å². The van der Waals surface area contributed by atoms with Gasteiger partial charge >= 0.3 is 5.63 Å². The minimum absolute atomic E-state index is 0. The van der Waals surface area contributed by atoms with Crippen LogP contribution in [0, 0.1) is 0 Å². The van der Waals surface area contributed by atoms with Crippen LogP contribution in [0.3, 0.4) is 0 Å². The van der Waals surface area contributed by atoms with Crippen molar-refractivity contribution in [2.24, 2.45) is 0 Å². The third kappa shape index (κ3) is 2.94. The van der Waals surface area contributed by atoms with Crippen LogP contribution in [-0.2, 0) is 0 Å². The summed E-state index contributed by atoms with van der Waals surface area (Å²) >= 11 is 0. The van der Waals surface area contributed by atoms with Crippen molar-refractivity contribution in [1.82, 2.24) is 10.2 Å². The number of para-hydroxylation sites is 1. The highest BCUT2D eigenvalue weighted by Gasteiger charge is 2.26. The number of hydrogen-bond donors (Lipinski definition) is 1. The molecule has 1 saturated heterocycles. The number of fused-ring (bicyclic) bond motifs is 1. The normalized spacial score (nSPS) is 17.5. The largest absolute Gasteiger partial charge is 0.422 e. The van der Waals surface area contributed by atoms with Crippen LogP contribution in [0.1, 0.15) is 16.8 Å². The number of carbonyl (C=O) groups is 1. The predicted molar refractivity (Wildman–Crippen MR) is 83.1 cm³/mol. The molecule has 0 aliphatic carbocycles. The van der Waals surface area contributed by atoms with Crippen molar-refractivity contribution in [3.05, 3.63) is 46.3 Å². The van der Waals surface area contributed by atoms with Crippen LogP contribution < -0.4 is 10.9 Å². The summed E-state index contributed by atoms with van der Waals surface area (Å²) in [7, 11) is 1.73. The third-order valence-electron chi connectivity index (χ3n) is 3.77. The molecular weight excluding hydrogens is 292 g/mol. The summed E-state index contributed by atoms with van der Waals surface area (Å²) in [6, 6.07) is 8.93. The van der Waals surface area contributed by atoms with Gasteiger partial charge in [0.25, 0.3) is 5.91 Å². The molecule has 1 fully saturated rings. The molecule has 1 unspecified atom stereocenters. The number of amides is 1. The molecular formula is C15H17ClN2O3. The summed E-state index contributed by atoms with van der Waals surface area (Å²) in [4.78, 5) is 26.0. The quantitative estimate of drug-likeness (QED) is 0.857. The van der Waals surface area contributed by atoms with Gasteiger partial charge in [0.1, 0.15) is 11.1 Å². The summed E-state index contributed by atoms with van der Waals surface area (Å²) in [5.74, 6) is -0.279. The predicted octanol–water partition coefficient (Wildman–Crippen LogP) is 1.65. The Bertz CT molecular complexity index is 707. The lowest BCUT2D eigenvalue weighted by Crippen LogP contribution is -2.40. The molecule has 0 saturated carbocycles. The number of benzene rings is 1. The lowest BCUT2D eigenvalue weighted by atomic mass is 10.1. The fourth-order valence-corrected chi connectivity index (χ4v) is 2.54. The smallest absolute Gasteiger partial charge is 0.349 e. The molecule has 0 spiro atoms. The van der Waals surface area contributed by atoms with Crippen molar-refractivity contribution in [3.63, 3.8) is 0 Å². The van der Waals surface area contributed by atoms with Crippen molar-refractivity contribution >= 4 is 29.3 Å². The molecule has 0 bridgehead atoms. The van der Waals surface area contributed by atoms with E-state index in [0.717, 1.165) is 24.9 Å². The molecule has 1 atom stereocenters.